The van der Waals surface area contributed by atoms with Gasteiger partial charge in [0, 0.05) is 17.3 Å². The highest BCUT2D eigenvalue weighted by atomic mass is 16.7. The maximum atomic E-state index is 15.2. The summed E-state index contributed by atoms with van der Waals surface area (Å²) in [7, 11) is 0. The molecule has 2 heterocycles. The number of aliphatic hydroxyl groups is 1. The molecule has 0 amide bonds. The van der Waals surface area contributed by atoms with Gasteiger partial charge in [0.05, 0.1) is 32.5 Å². The van der Waals surface area contributed by atoms with Crippen LogP contribution in [-0.4, -0.2) is 56.2 Å². The molecule has 1 aromatic carbocycles. The zero-order chi connectivity index (χ0) is 28.4. The minimum Gasteiger partial charge on any atom is -0.460 e. The summed E-state index contributed by atoms with van der Waals surface area (Å²) in [5, 5.41) is 12.5. The Morgan fingerprint density at radius 2 is 1.73 bits per heavy atom. The average molecular weight is 567 g/mol. The predicted octanol–water partition coefficient (Wildman–Crippen LogP) is 5.26. The van der Waals surface area contributed by atoms with E-state index in [1.165, 1.54) is 0 Å². The maximum absolute atomic E-state index is 15.2. The first-order chi connectivity index (χ1) is 19.9. The normalized spacial score (nSPS) is 40.8. The molecule has 224 valence electrons. The second-order valence-corrected chi connectivity index (χ2v) is 13.8. The first-order valence-corrected chi connectivity index (χ1v) is 15.9. The Labute approximate surface area is 243 Å². The Kier molecular flexibility index (Phi) is 7.14. The van der Waals surface area contributed by atoms with E-state index in [9.17, 15) is 5.11 Å². The molecule has 8 atom stereocenters. The van der Waals surface area contributed by atoms with Crippen molar-refractivity contribution in [1.29, 1.82) is 0 Å². The van der Waals surface area contributed by atoms with Crippen molar-refractivity contribution >= 4 is 5.97 Å². The lowest BCUT2D eigenvalue weighted by Gasteiger charge is -2.63. The second-order valence-electron chi connectivity index (χ2n) is 13.8. The second kappa shape index (κ2) is 10.4. The largest absolute Gasteiger partial charge is 0.460 e. The van der Waals surface area contributed by atoms with E-state index in [1.807, 2.05) is 30.3 Å². The van der Waals surface area contributed by atoms with Crippen LogP contribution in [0.25, 0.3) is 0 Å². The summed E-state index contributed by atoms with van der Waals surface area (Å²) >= 11 is 0. The molecule has 4 aliphatic carbocycles. The molecule has 1 N–H and O–H groups in total. The van der Waals surface area contributed by atoms with Crippen LogP contribution >= 0.6 is 0 Å². The van der Waals surface area contributed by atoms with Crippen molar-refractivity contribution in [2.24, 2.45) is 45.8 Å². The van der Waals surface area contributed by atoms with Gasteiger partial charge in [-0.1, -0.05) is 69.2 Å². The van der Waals surface area contributed by atoms with Gasteiger partial charge in [-0.25, -0.2) is 0 Å². The third-order valence-corrected chi connectivity index (χ3v) is 12.0. The van der Waals surface area contributed by atoms with E-state index >= 15 is 4.79 Å². The van der Waals surface area contributed by atoms with E-state index in [2.05, 4.69) is 26.8 Å². The van der Waals surface area contributed by atoms with E-state index in [4.69, 9.17) is 23.7 Å². The van der Waals surface area contributed by atoms with Crippen LogP contribution in [0.5, 0.6) is 0 Å². The van der Waals surface area contributed by atoms with Gasteiger partial charge in [-0.15, -0.1) is 0 Å². The molecule has 0 spiro atoms. The van der Waals surface area contributed by atoms with Crippen molar-refractivity contribution in [1.82, 2.24) is 0 Å². The summed E-state index contributed by atoms with van der Waals surface area (Å²) in [6.45, 7) is 9.19. The first-order valence-electron chi connectivity index (χ1n) is 15.9. The number of carbonyl (C=O) groups is 1. The summed E-state index contributed by atoms with van der Waals surface area (Å²) in [5.41, 5.74) is -0.203. The van der Waals surface area contributed by atoms with Crippen LogP contribution in [0, 0.1) is 45.8 Å². The molecule has 6 aliphatic rings. The van der Waals surface area contributed by atoms with Gasteiger partial charge in [0.2, 0.25) is 0 Å². The number of rotatable bonds is 9. The Hall–Kier alpha value is -1.77. The average Bonchev–Trinajstić information content (AvgIpc) is 3.81. The van der Waals surface area contributed by atoms with Crippen LogP contribution in [0.15, 0.2) is 42.0 Å². The fourth-order valence-corrected chi connectivity index (χ4v) is 10.7. The van der Waals surface area contributed by atoms with Gasteiger partial charge in [-0.05, 0) is 60.8 Å². The molecule has 3 saturated carbocycles. The number of aliphatic hydroxyl groups excluding tert-OH is 1. The molecule has 5 fully saturated rings. The van der Waals surface area contributed by atoms with Gasteiger partial charge in [-0.3, -0.25) is 4.79 Å². The highest BCUT2D eigenvalue weighted by Gasteiger charge is 2.87. The minimum atomic E-state index is -1.02. The van der Waals surface area contributed by atoms with Crippen LogP contribution in [0.3, 0.4) is 0 Å². The molecule has 2 saturated heterocycles. The molecule has 1 aromatic rings. The summed E-state index contributed by atoms with van der Waals surface area (Å²) in [5.74, 6) is 1.16. The Bertz CT molecular complexity index is 1150. The fourth-order valence-electron chi connectivity index (χ4n) is 10.7. The standard InChI is InChI=1S/C34H46O7/c1-21(2)27-17-24-18-33(31-39-15-16-40-31)26-10-9-22(3)25(26)19-32(24,28(35)11-12-29-37-13-14-38-29)34(27,33)30(36)41-20-23-7-5-4-6-8-23/h4-8,17,21-22,24-26,28-29,31,35H,9-16,18-20H2,1-3H3/t22-,24?,25-,26-,28?,32?,33?,34?/m1/s1. The molecule has 41 heavy (non-hydrogen) atoms. The predicted molar refractivity (Wildman–Crippen MR) is 151 cm³/mol. The lowest BCUT2D eigenvalue weighted by atomic mass is 9.41. The van der Waals surface area contributed by atoms with Gasteiger partial charge >= 0.3 is 5.97 Å². The zero-order valence-corrected chi connectivity index (χ0v) is 24.8. The van der Waals surface area contributed by atoms with Crippen LogP contribution in [0.2, 0.25) is 0 Å². The van der Waals surface area contributed by atoms with E-state index in [1.54, 1.807) is 0 Å². The summed E-state index contributed by atoms with van der Waals surface area (Å²) < 4.78 is 30.9. The van der Waals surface area contributed by atoms with Crippen molar-refractivity contribution in [3.63, 3.8) is 0 Å². The van der Waals surface area contributed by atoms with Crippen molar-refractivity contribution in [2.75, 3.05) is 26.4 Å². The number of allylic oxidation sites excluding steroid dienone is 1. The molecule has 4 bridgehead atoms. The van der Waals surface area contributed by atoms with E-state index in [-0.39, 0.29) is 36.6 Å². The highest BCUT2D eigenvalue weighted by Crippen LogP contribution is 2.85. The van der Waals surface area contributed by atoms with Gasteiger partial charge in [0.15, 0.2) is 12.6 Å². The zero-order valence-electron chi connectivity index (χ0n) is 24.8. The van der Waals surface area contributed by atoms with Crippen LogP contribution < -0.4 is 0 Å². The van der Waals surface area contributed by atoms with E-state index in [0.717, 1.165) is 36.8 Å². The summed E-state index contributed by atoms with van der Waals surface area (Å²) in [6.07, 6.45) is 5.77. The summed E-state index contributed by atoms with van der Waals surface area (Å²) in [6, 6.07) is 9.91. The molecular formula is C34H46O7. The monoisotopic (exact) mass is 566 g/mol. The maximum Gasteiger partial charge on any atom is 0.318 e. The number of fused-ring (bicyclic) bond motifs is 2. The SMILES string of the molecule is CC(C)C1=CC2CC3(C4OCCO4)[C@@H]4CC[C@@H](C)[C@H]4CC2(C(O)CCC2OCCO2)C13C(=O)OCc1ccccc1. The lowest BCUT2D eigenvalue weighted by molar-refractivity contribution is -0.254. The van der Waals surface area contributed by atoms with Gasteiger partial charge in [0.1, 0.15) is 12.0 Å². The fraction of sp³-hybridized carbons (Fsp3) is 0.735. The Balaban J connectivity index is 1.38. The molecular weight excluding hydrogens is 520 g/mol. The molecule has 7 nitrogen and oxygen atoms in total. The van der Waals surface area contributed by atoms with E-state index < -0.39 is 28.6 Å². The Morgan fingerprint density at radius 1 is 1.02 bits per heavy atom. The molecule has 5 unspecified atom stereocenters. The number of esters is 1. The van der Waals surface area contributed by atoms with Crippen molar-refractivity contribution in [2.45, 2.75) is 84.6 Å². The third-order valence-electron chi connectivity index (χ3n) is 12.0. The van der Waals surface area contributed by atoms with Crippen molar-refractivity contribution in [3.8, 4) is 0 Å². The molecule has 0 radical (unpaired) electrons. The van der Waals surface area contributed by atoms with Crippen LogP contribution in [0.1, 0.15) is 64.9 Å². The number of ether oxygens (including phenoxy) is 5. The third kappa shape index (κ3) is 3.78. The van der Waals surface area contributed by atoms with Crippen LogP contribution in [-0.2, 0) is 35.1 Å². The Morgan fingerprint density at radius 3 is 2.44 bits per heavy atom. The van der Waals surface area contributed by atoms with Crippen molar-refractivity contribution < 1.29 is 33.6 Å². The number of hydrogen-bond donors (Lipinski definition) is 1. The number of carbonyl (C=O) groups excluding carboxylic acids is 1. The topological polar surface area (TPSA) is 83.5 Å². The van der Waals surface area contributed by atoms with Crippen molar-refractivity contribution in [3.05, 3.63) is 47.5 Å². The minimum absolute atomic E-state index is 0.0511. The highest BCUT2D eigenvalue weighted by molar-refractivity contribution is 5.87. The quantitative estimate of drug-likeness (QED) is 0.323. The van der Waals surface area contributed by atoms with Gasteiger partial charge in [-0.2, -0.15) is 0 Å². The summed E-state index contributed by atoms with van der Waals surface area (Å²) in [4.78, 5) is 15.2. The van der Waals surface area contributed by atoms with Gasteiger partial charge in [0.25, 0.3) is 0 Å². The molecule has 2 aliphatic heterocycles. The molecule has 7 rings (SSSR count). The number of hydrogen-bond acceptors (Lipinski definition) is 7. The smallest absolute Gasteiger partial charge is 0.318 e. The van der Waals surface area contributed by atoms with E-state index in [0.29, 0.717) is 51.1 Å². The molecule has 0 aromatic heterocycles. The lowest BCUT2D eigenvalue weighted by Crippen LogP contribution is -2.68. The van der Waals surface area contributed by atoms with Crippen LogP contribution in [0.4, 0.5) is 0 Å². The first kappa shape index (κ1) is 28.0. The van der Waals surface area contributed by atoms with Gasteiger partial charge < -0.3 is 28.8 Å². The number of benzene rings is 1. The molecule has 7 heteroatoms.